The number of phenolic OH excluding ortho intramolecular Hbond substituents is 1. The van der Waals surface area contributed by atoms with E-state index in [-0.39, 0.29) is 0 Å². The molecule has 5 rings (SSSR count). The molecule has 132 valence electrons. The highest BCUT2D eigenvalue weighted by Crippen LogP contribution is 2.43. The summed E-state index contributed by atoms with van der Waals surface area (Å²) in [6.07, 6.45) is 2.02. The van der Waals surface area contributed by atoms with Crippen molar-refractivity contribution in [3.05, 3.63) is 89.5 Å². The summed E-state index contributed by atoms with van der Waals surface area (Å²) >= 11 is 1.75. The van der Waals surface area contributed by atoms with E-state index >= 15 is 0 Å². The summed E-state index contributed by atoms with van der Waals surface area (Å²) in [5.74, 6) is 0.385. The van der Waals surface area contributed by atoms with Crippen LogP contribution in [0.25, 0.3) is 21.9 Å². The zero-order chi connectivity index (χ0) is 18.4. The van der Waals surface area contributed by atoms with Crippen LogP contribution in [0.2, 0.25) is 0 Å². The van der Waals surface area contributed by atoms with E-state index in [1.54, 1.807) is 11.8 Å². The highest BCUT2D eigenvalue weighted by Gasteiger charge is 2.20. The molecule has 0 saturated carbocycles. The van der Waals surface area contributed by atoms with Crippen LogP contribution in [0, 0.1) is 6.92 Å². The number of fused-ring (bicyclic) bond motifs is 5. The van der Waals surface area contributed by atoms with Gasteiger partial charge in [-0.05, 0) is 77.2 Å². The Hall–Kier alpha value is -2.71. The van der Waals surface area contributed by atoms with Crippen LogP contribution in [0.4, 0.5) is 0 Å². The van der Waals surface area contributed by atoms with Crippen LogP contribution in [0.3, 0.4) is 0 Å². The van der Waals surface area contributed by atoms with E-state index in [0.717, 1.165) is 28.5 Å². The molecule has 0 atom stereocenters. The van der Waals surface area contributed by atoms with Crippen molar-refractivity contribution < 1.29 is 5.11 Å². The Morgan fingerprint density at radius 3 is 2.44 bits per heavy atom. The lowest BCUT2D eigenvalue weighted by atomic mass is 9.82. The summed E-state index contributed by atoms with van der Waals surface area (Å²) in [5, 5.41) is 12.8. The van der Waals surface area contributed by atoms with E-state index in [4.69, 9.17) is 0 Å². The summed E-state index contributed by atoms with van der Waals surface area (Å²) in [6, 6.07) is 25.5. The minimum Gasteiger partial charge on any atom is -0.507 e. The van der Waals surface area contributed by atoms with Crippen LogP contribution in [-0.2, 0) is 12.8 Å². The van der Waals surface area contributed by atoms with Crippen molar-refractivity contribution in [3.8, 4) is 16.9 Å². The second-order valence-electron chi connectivity index (χ2n) is 7.16. The van der Waals surface area contributed by atoms with Crippen molar-refractivity contribution in [1.29, 1.82) is 0 Å². The molecular weight excluding hydrogens is 348 g/mol. The Labute approximate surface area is 163 Å². The fourth-order valence-electron chi connectivity index (χ4n) is 4.07. The molecule has 0 saturated heterocycles. The van der Waals surface area contributed by atoms with Gasteiger partial charge in [-0.1, -0.05) is 60.3 Å². The summed E-state index contributed by atoms with van der Waals surface area (Å²) < 4.78 is 0. The minimum atomic E-state index is 0.385. The van der Waals surface area contributed by atoms with Crippen molar-refractivity contribution in [1.82, 2.24) is 0 Å². The largest absolute Gasteiger partial charge is 0.507 e. The summed E-state index contributed by atoms with van der Waals surface area (Å²) in [6.45, 7) is 2.13. The van der Waals surface area contributed by atoms with Gasteiger partial charge in [0.1, 0.15) is 5.75 Å². The molecule has 0 heterocycles. The van der Waals surface area contributed by atoms with E-state index in [1.807, 2.05) is 6.07 Å². The normalized spacial score (nSPS) is 12.6. The minimum absolute atomic E-state index is 0.385. The van der Waals surface area contributed by atoms with E-state index in [0.29, 0.717) is 5.75 Å². The second kappa shape index (κ2) is 6.47. The molecule has 1 aliphatic rings. The SMILES string of the molecule is Cc1ccccc1Sc1ccc2c3c(cc(O)c2c1)CCc1ccccc1-3. The Kier molecular flexibility index (Phi) is 3.95. The van der Waals surface area contributed by atoms with Gasteiger partial charge in [0.25, 0.3) is 0 Å². The number of rotatable bonds is 2. The van der Waals surface area contributed by atoms with Crippen LogP contribution in [0.15, 0.2) is 82.6 Å². The lowest BCUT2D eigenvalue weighted by Crippen LogP contribution is -2.04. The maximum atomic E-state index is 10.7. The Bertz CT molecular complexity index is 1180. The standard InChI is InChI=1S/C25H20OS/c1-16-6-2-5-9-24(16)27-19-12-13-21-22(15-19)23(26)14-18-11-10-17-7-3-4-8-20(17)25(18)21/h2-9,12-15,26H,10-11H2,1H3. The molecule has 1 nitrogen and oxygen atoms in total. The maximum absolute atomic E-state index is 10.7. The summed E-state index contributed by atoms with van der Waals surface area (Å²) in [5.41, 5.74) is 6.51. The van der Waals surface area contributed by atoms with Gasteiger partial charge in [0, 0.05) is 15.2 Å². The van der Waals surface area contributed by atoms with Crippen LogP contribution >= 0.6 is 11.8 Å². The quantitative estimate of drug-likeness (QED) is 0.421. The summed E-state index contributed by atoms with van der Waals surface area (Å²) in [7, 11) is 0. The third-order valence-electron chi connectivity index (χ3n) is 5.44. The summed E-state index contributed by atoms with van der Waals surface area (Å²) in [4.78, 5) is 2.40. The molecule has 1 aliphatic carbocycles. The third kappa shape index (κ3) is 2.81. The second-order valence-corrected chi connectivity index (χ2v) is 8.28. The Morgan fingerprint density at radius 2 is 1.56 bits per heavy atom. The van der Waals surface area contributed by atoms with E-state index in [2.05, 4.69) is 73.7 Å². The topological polar surface area (TPSA) is 20.2 Å². The van der Waals surface area contributed by atoms with E-state index in [1.165, 1.54) is 32.7 Å². The molecule has 4 aromatic carbocycles. The van der Waals surface area contributed by atoms with Crippen molar-refractivity contribution in [2.45, 2.75) is 29.6 Å². The van der Waals surface area contributed by atoms with Crippen molar-refractivity contribution in [2.75, 3.05) is 0 Å². The van der Waals surface area contributed by atoms with Gasteiger partial charge in [-0.2, -0.15) is 0 Å². The van der Waals surface area contributed by atoms with Gasteiger partial charge in [0.05, 0.1) is 0 Å². The number of aromatic hydroxyl groups is 1. The molecule has 0 unspecified atom stereocenters. The van der Waals surface area contributed by atoms with Crippen molar-refractivity contribution in [2.24, 2.45) is 0 Å². The van der Waals surface area contributed by atoms with Gasteiger partial charge >= 0.3 is 0 Å². The average molecular weight is 369 g/mol. The number of benzene rings is 4. The molecule has 4 aromatic rings. The molecule has 1 N–H and O–H groups in total. The van der Waals surface area contributed by atoms with Gasteiger partial charge in [-0.15, -0.1) is 0 Å². The molecule has 0 fully saturated rings. The number of phenols is 1. The third-order valence-corrected chi connectivity index (χ3v) is 6.61. The van der Waals surface area contributed by atoms with Gasteiger partial charge in [0.15, 0.2) is 0 Å². The maximum Gasteiger partial charge on any atom is 0.123 e. The van der Waals surface area contributed by atoms with Crippen LogP contribution < -0.4 is 0 Å². The zero-order valence-corrected chi connectivity index (χ0v) is 16.0. The number of aryl methyl sites for hydroxylation is 3. The van der Waals surface area contributed by atoms with Gasteiger partial charge in [-0.25, -0.2) is 0 Å². The predicted molar refractivity (Wildman–Crippen MR) is 114 cm³/mol. The average Bonchev–Trinajstić information content (AvgIpc) is 2.70. The first kappa shape index (κ1) is 16.5. The monoisotopic (exact) mass is 368 g/mol. The van der Waals surface area contributed by atoms with Crippen molar-refractivity contribution >= 4 is 22.5 Å². The molecule has 0 spiro atoms. The number of hydrogen-bond donors (Lipinski definition) is 1. The molecule has 0 amide bonds. The van der Waals surface area contributed by atoms with Gasteiger partial charge in [-0.3, -0.25) is 0 Å². The number of hydrogen-bond acceptors (Lipinski definition) is 2. The van der Waals surface area contributed by atoms with Crippen LogP contribution in [0.5, 0.6) is 5.75 Å². The van der Waals surface area contributed by atoms with Crippen LogP contribution in [0.1, 0.15) is 16.7 Å². The van der Waals surface area contributed by atoms with E-state index < -0.39 is 0 Å². The van der Waals surface area contributed by atoms with E-state index in [9.17, 15) is 5.11 Å². The molecule has 0 radical (unpaired) electrons. The molecule has 0 aliphatic heterocycles. The fraction of sp³-hybridized carbons (Fsp3) is 0.120. The lowest BCUT2D eigenvalue weighted by Gasteiger charge is -2.22. The first-order chi connectivity index (χ1) is 13.2. The Morgan fingerprint density at radius 1 is 0.778 bits per heavy atom. The molecular formula is C25H20OS. The fourth-order valence-corrected chi connectivity index (χ4v) is 5.01. The molecule has 0 bridgehead atoms. The first-order valence-corrected chi connectivity index (χ1v) is 10.1. The molecule has 27 heavy (non-hydrogen) atoms. The van der Waals surface area contributed by atoms with Crippen LogP contribution in [-0.4, -0.2) is 5.11 Å². The highest BCUT2D eigenvalue weighted by molar-refractivity contribution is 7.99. The van der Waals surface area contributed by atoms with Crippen molar-refractivity contribution in [3.63, 3.8) is 0 Å². The highest BCUT2D eigenvalue weighted by atomic mass is 32.2. The zero-order valence-electron chi connectivity index (χ0n) is 15.2. The van der Waals surface area contributed by atoms with Gasteiger partial charge < -0.3 is 5.11 Å². The predicted octanol–water partition coefficient (Wildman–Crippen LogP) is 6.77. The Balaban J connectivity index is 1.67. The molecule has 0 aromatic heterocycles. The van der Waals surface area contributed by atoms with Gasteiger partial charge in [0.2, 0.25) is 0 Å². The first-order valence-electron chi connectivity index (χ1n) is 9.31. The molecule has 2 heteroatoms. The smallest absolute Gasteiger partial charge is 0.123 e. The lowest BCUT2D eigenvalue weighted by molar-refractivity contribution is 0.481.